The SMILES string of the molecule is O=C(NCc1cccnc1)C1CNCCO1. The van der Waals surface area contributed by atoms with Crippen molar-refractivity contribution in [2.45, 2.75) is 12.6 Å². The number of hydrogen-bond donors (Lipinski definition) is 2. The Bertz CT molecular complexity index is 336. The fourth-order valence-corrected chi connectivity index (χ4v) is 1.54. The van der Waals surface area contributed by atoms with Gasteiger partial charge in [-0.05, 0) is 11.6 Å². The maximum atomic E-state index is 11.7. The monoisotopic (exact) mass is 221 g/mol. The predicted octanol–water partition coefficient (Wildman–Crippen LogP) is -0.314. The van der Waals surface area contributed by atoms with Gasteiger partial charge in [0.05, 0.1) is 6.61 Å². The van der Waals surface area contributed by atoms with Gasteiger partial charge in [0.15, 0.2) is 0 Å². The molecule has 2 N–H and O–H groups in total. The summed E-state index contributed by atoms with van der Waals surface area (Å²) in [5, 5.41) is 5.94. The van der Waals surface area contributed by atoms with Crippen molar-refractivity contribution in [2.24, 2.45) is 0 Å². The number of nitrogens with zero attached hydrogens (tertiary/aromatic N) is 1. The summed E-state index contributed by atoms with van der Waals surface area (Å²) in [6.07, 6.45) is 3.07. The Morgan fingerprint density at radius 3 is 3.31 bits per heavy atom. The second-order valence-electron chi connectivity index (χ2n) is 3.64. The number of rotatable bonds is 3. The highest BCUT2D eigenvalue weighted by Gasteiger charge is 2.20. The molecule has 0 aromatic carbocycles. The molecule has 86 valence electrons. The first-order chi connectivity index (χ1) is 7.86. The maximum Gasteiger partial charge on any atom is 0.250 e. The van der Waals surface area contributed by atoms with Crippen LogP contribution in [0.3, 0.4) is 0 Å². The van der Waals surface area contributed by atoms with E-state index in [1.807, 2.05) is 12.1 Å². The molecular formula is C11H15N3O2. The zero-order chi connectivity index (χ0) is 11.2. The number of carbonyl (C=O) groups excluding carboxylic acids is 1. The summed E-state index contributed by atoms with van der Waals surface area (Å²) in [6.45, 7) is 2.47. The Balaban J connectivity index is 1.79. The molecule has 1 fully saturated rings. The fraction of sp³-hybridized carbons (Fsp3) is 0.455. The molecular weight excluding hydrogens is 206 g/mol. The highest BCUT2D eigenvalue weighted by atomic mass is 16.5. The van der Waals surface area contributed by atoms with Gasteiger partial charge in [-0.1, -0.05) is 6.07 Å². The van der Waals surface area contributed by atoms with Crippen LogP contribution in [0.4, 0.5) is 0 Å². The predicted molar refractivity (Wildman–Crippen MR) is 58.7 cm³/mol. The van der Waals surface area contributed by atoms with Gasteiger partial charge in [0.2, 0.25) is 0 Å². The highest BCUT2D eigenvalue weighted by molar-refractivity contribution is 5.81. The van der Waals surface area contributed by atoms with E-state index in [2.05, 4.69) is 15.6 Å². The molecule has 1 amide bonds. The zero-order valence-electron chi connectivity index (χ0n) is 8.98. The van der Waals surface area contributed by atoms with E-state index in [9.17, 15) is 4.79 Å². The summed E-state index contributed by atoms with van der Waals surface area (Å²) < 4.78 is 5.34. The van der Waals surface area contributed by atoms with Crippen LogP contribution in [0, 0.1) is 0 Å². The highest BCUT2D eigenvalue weighted by Crippen LogP contribution is 1.98. The largest absolute Gasteiger partial charge is 0.366 e. The zero-order valence-corrected chi connectivity index (χ0v) is 8.98. The molecule has 1 aromatic rings. The Kier molecular flexibility index (Phi) is 3.85. The molecule has 1 aliphatic rings. The maximum absolute atomic E-state index is 11.7. The lowest BCUT2D eigenvalue weighted by molar-refractivity contribution is -0.134. The molecule has 2 rings (SSSR count). The Morgan fingerprint density at radius 1 is 1.69 bits per heavy atom. The van der Waals surface area contributed by atoms with Crippen LogP contribution in [0.2, 0.25) is 0 Å². The Labute approximate surface area is 94.2 Å². The Hall–Kier alpha value is -1.46. The number of ether oxygens (including phenoxy) is 1. The minimum absolute atomic E-state index is 0.0731. The molecule has 5 heteroatoms. The third-order valence-electron chi connectivity index (χ3n) is 2.41. The lowest BCUT2D eigenvalue weighted by Gasteiger charge is -2.22. The third-order valence-corrected chi connectivity index (χ3v) is 2.41. The number of aromatic nitrogens is 1. The van der Waals surface area contributed by atoms with E-state index in [-0.39, 0.29) is 12.0 Å². The van der Waals surface area contributed by atoms with Crippen LogP contribution in [0.25, 0.3) is 0 Å². The molecule has 1 unspecified atom stereocenters. The summed E-state index contributed by atoms with van der Waals surface area (Å²) in [5.74, 6) is -0.0731. The van der Waals surface area contributed by atoms with Gasteiger partial charge in [-0.25, -0.2) is 0 Å². The molecule has 0 aliphatic carbocycles. The van der Waals surface area contributed by atoms with Crippen LogP contribution < -0.4 is 10.6 Å². The number of amides is 1. The minimum Gasteiger partial charge on any atom is -0.366 e. The fourth-order valence-electron chi connectivity index (χ4n) is 1.54. The number of carbonyl (C=O) groups is 1. The van der Waals surface area contributed by atoms with E-state index in [0.717, 1.165) is 12.1 Å². The summed E-state index contributed by atoms with van der Waals surface area (Å²) in [4.78, 5) is 15.7. The molecule has 5 nitrogen and oxygen atoms in total. The van der Waals surface area contributed by atoms with E-state index in [4.69, 9.17) is 4.74 Å². The molecule has 0 radical (unpaired) electrons. The van der Waals surface area contributed by atoms with Gasteiger partial charge in [0.1, 0.15) is 6.10 Å². The van der Waals surface area contributed by atoms with Crippen molar-refractivity contribution in [3.63, 3.8) is 0 Å². The van der Waals surface area contributed by atoms with Gasteiger partial charge in [0.25, 0.3) is 5.91 Å². The van der Waals surface area contributed by atoms with Crippen molar-refractivity contribution in [1.29, 1.82) is 0 Å². The van der Waals surface area contributed by atoms with Crippen LogP contribution in [-0.2, 0) is 16.1 Å². The second kappa shape index (κ2) is 5.58. The van der Waals surface area contributed by atoms with Crippen LogP contribution in [0.1, 0.15) is 5.56 Å². The molecule has 0 bridgehead atoms. The molecule has 0 spiro atoms. The standard InChI is InChI=1S/C11H15N3O2/c15-11(10-8-13-4-5-16-10)14-7-9-2-1-3-12-6-9/h1-3,6,10,13H,4-5,7-8H2,(H,14,15). The van der Waals surface area contributed by atoms with Gasteiger partial charge >= 0.3 is 0 Å². The summed E-state index contributed by atoms with van der Waals surface area (Å²) in [7, 11) is 0. The first kappa shape index (κ1) is 11.0. The van der Waals surface area contributed by atoms with Crippen LogP contribution in [0.15, 0.2) is 24.5 Å². The van der Waals surface area contributed by atoms with E-state index in [0.29, 0.717) is 19.7 Å². The molecule has 1 aliphatic heterocycles. The molecule has 0 saturated carbocycles. The van der Waals surface area contributed by atoms with Crippen LogP contribution >= 0.6 is 0 Å². The number of morpholine rings is 1. The first-order valence-corrected chi connectivity index (χ1v) is 5.35. The van der Waals surface area contributed by atoms with E-state index in [1.165, 1.54) is 0 Å². The summed E-state index contributed by atoms with van der Waals surface area (Å²) in [6, 6.07) is 3.77. The van der Waals surface area contributed by atoms with E-state index < -0.39 is 0 Å². The van der Waals surface area contributed by atoms with Gasteiger partial charge in [-0.2, -0.15) is 0 Å². The number of hydrogen-bond acceptors (Lipinski definition) is 4. The molecule has 1 saturated heterocycles. The van der Waals surface area contributed by atoms with Gasteiger partial charge in [-0.3, -0.25) is 9.78 Å². The number of nitrogens with one attached hydrogen (secondary N) is 2. The summed E-state index contributed by atoms with van der Waals surface area (Å²) >= 11 is 0. The summed E-state index contributed by atoms with van der Waals surface area (Å²) in [5.41, 5.74) is 0.986. The Morgan fingerprint density at radius 2 is 2.62 bits per heavy atom. The second-order valence-corrected chi connectivity index (χ2v) is 3.64. The lowest BCUT2D eigenvalue weighted by Crippen LogP contribution is -2.47. The average Bonchev–Trinajstić information content (AvgIpc) is 2.38. The van der Waals surface area contributed by atoms with Gasteiger partial charge in [0, 0.05) is 32.0 Å². The van der Waals surface area contributed by atoms with E-state index in [1.54, 1.807) is 12.4 Å². The van der Waals surface area contributed by atoms with Crippen molar-refractivity contribution >= 4 is 5.91 Å². The van der Waals surface area contributed by atoms with Crippen molar-refractivity contribution in [1.82, 2.24) is 15.6 Å². The topological polar surface area (TPSA) is 63.2 Å². The van der Waals surface area contributed by atoms with Gasteiger partial charge in [-0.15, -0.1) is 0 Å². The van der Waals surface area contributed by atoms with Crippen molar-refractivity contribution in [2.75, 3.05) is 19.7 Å². The molecule has 2 heterocycles. The first-order valence-electron chi connectivity index (χ1n) is 5.35. The van der Waals surface area contributed by atoms with Crippen molar-refractivity contribution in [3.8, 4) is 0 Å². The molecule has 1 atom stereocenters. The average molecular weight is 221 g/mol. The van der Waals surface area contributed by atoms with E-state index >= 15 is 0 Å². The van der Waals surface area contributed by atoms with Crippen molar-refractivity contribution < 1.29 is 9.53 Å². The normalized spacial score (nSPS) is 20.4. The van der Waals surface area contributed by atoms with Crippen LogP contribution in [0.5, 0.6) is 0 Å². The minimum atomic E-state index is -0.370. The molecule has 1 aromatic heterocycles. The number of pyridine rings is 1. The molecule has 16 heavy (non-hydrogen) atoms. The van der Waals surface area contributed by atoms with Crippen LogP contribution in [-0.4, -0.2) is 36.7 Å². The smallest absolute Gasteiger partial charge is 0.250 e. The lowest BCUT2D eigenvalue weighted by atomic mass is 10.2. The van der Waals surface area contributed by atoms with Crippen molar-refractivity contribution in [3.05, 3.63) is 30.1 Å². The van der Waals surface area contributed by atoms with Gasteiger partial charge < -0.3 is 15.4 Å². The quantitative estimate of drug-likeness (QED) is 0.734. The third kappa shape index (κ3) is 3.01.